The van der Waals surface area contributed by atoms with Gasteiger partial charge in [-0.15, -0.1) is 0 Å². The van der Waals surface area contributed by atoms with Gasteiger partial charge in [-0.25, -0.2) is 0 Å². The molecule has 0 bridgehead atoms. The van der Waals surface area contributed by atoms with Crippen LogP contribution in [0.25, 0.3) is 0 Å². The summed E-state index contributed by atoms with van der Waals surface area (Å²) in [7, 11) is 0. The molecular formula is C15H19ClN2. The maximum Gasteiger partial charge on any atom is 0.0672 e. The number of nitrogens with one attached hydrogen (secondary N) is 1. The normalized spacial score (nSPS) is 25.4. The molecule has 2 rings (SSSR count). The molecule has 0 aromatic heterocycles. The van der Waals surface area contributed by atoms with E-state index in [9.17, 15) is 5.26 Å². The molecule has 18 heavy (non-hydrogen) atoms. The third-order valence-corrected chi connectivity index (χ3v) is 3.98. The number of hydrogen-bond acceptors (Lipinski definition) is 2. The van der Waals surface area contributed by atoms with E-state index in [1.165, 1.54) is 18.4 Å². The van der Waals surface area contributed by atoms with Gasteiger partial charge in [-0.05, 0) is 37.5 Å². The van der Waals surface area contributed by atoms with Crippen molar-refractivity contribution in [3.8, 4) is 6.07 Å². The van der Waals surface area contributed by atoms with Crippen LogP contribution in [0.1, 0.15) is 44.2 Å². The predicted octanol–water partition coefficient (Wildman–Crippen LogP) is 4.07. The third kappa shape index (κ3) is 3.25. The second-order valence-corrected chi connectivity index (χ2v) is 5.51. The SMILES string of the molecule is CC(NC1CCCCC1C#N)c1cccc(Cl)c1. The monoisotopic (exact) mass is 262 g/mol. The Morgan fingerprint density at radius 2 is 2.17 bits per heavy atom. The van der Waals surface area contributed by atoms with E-state index in [1.807, 2.05) is 18.2 Å². The van der Waals surface area contributed by atoms with E-state index in [4.69, 9.17) is 11.6 Å². The lowest BCUT2D eigenvalue weighted by Gasteiger charge is -2.30. The highest BCUT2D eigenvalue weighted by Crippen LogP contribution is 2.26. The fraction of sp³-hybridized carbons (Fsp3) is 0.533. The summed E-state index contributed by atoms with van der Waals surface area (Å²) < 4.78 is 0. The largest absolute Gasteiger partial charge is 0.306 e. The molecule has 96 valence electrons. The molecule has 1 aromatic carbocycles. The van der Waals surface area contributed by atoms with Crippen LogP contribution in [-0.4, -0.2) is 6.04 Å². The van der Waals surface area contributed by atoms with Crippen molar-refractivity contribution in [3.05, 3.63) is 34.9 Å². The van der Waals surface area contributed by atoms with Crippen molar-refractivity contribution in [3.63, 3.8) is 0 Å². The minimum Gasteiger partial charge on any atom is -0.306 e. The van der Waals surface area contributed by atoms with Crippen molar-refractivity contribution < 1.29 is 0 Å². The molecule has 0 saturated heterocycles. The number of halogens is 1. The molecule has 1 aliphatic carbocycles. The Morgan fingerprint density at radius 1 is 1.39 bits per heavy atom. The Bertz CT molecular complexity index is 438. The number of rotatable bonds is 3. The first-order chi connectivity index (χ1) is 8.70. The van der Waals surface area contributed by atoms with Crippen LogP contribution in [0.4, 0.5) is 0 Å². The molecule has 0 radical (unpaired) electrons. The highest BCUT2D eigenvalue weighted by molar-refractivity contribution is 6.30. The quantitative estimate of drug-likeness (QED) is 0.891. The maximum absolute atomic E-state index is 9.18. The van der Waals surface area contributed by atoms with Crippen molar-refractivity contribution >= 4 is 11.6 Å². The maximum atomic E-state index is 9.18. The Kier molecular flexibility index (Phi) is 4.63. The van der Waals surface area contributed by atoms with Crippen LogP contribution in [0.3, 0.4) is 0 Å². The zero-order valence-electron chi connectivity index (χ0n) is 10.7. The van der Waals surface area contributed by atoms with Crippen molar-refractivity contribution in [1.82, 2.24) is 5.32 Å². The fourth-order valence-electron chi connectivity index (χ4n) is 2.68. The van der Waals surface area contributed by atoms with Crippen LogP contribution in [0.2, 0.25) is 5.02 Å². The average Bonchev–Trinajstić information content (AvgIpc) is 2.39. The molecule has 0 amide bonds. The van der Waals surface area contributed by atoms with Crippen molar-refractivity contribution in [2.24, 2.45) is 5.92 Å². The summed E-state index contributed by atoms with van der Waals surface area (Å²) in [5, 5.41) is 13.5. The molecule has 0 aliphatic heterocycles. The molecule has 1 saturated carbocycles. The van der Waals surface area contributed by atoms with Gasteiger partial charge in [0.05, 0.1) is 12.0 Å². The van der Waals surface area contributed by atoms with E-state index in [0.29, 0.717) is 6.04 Å². The summed E-state index contributed by atoms with van der Waals surface area (Å²) in [6.07, 6.45) is 4.53. The van der Waals surface area contributed by atoms with Gasteiger partial charge in [0, 0.05) is 17.1 Å². The average molecular weight is 263 g/mol. The summed E-state index contributed by atoms with van der Waals surface area (Å²) in [5.41, 5.74) is 1.18. The standard InChI is InChI=1S/C15H19ClN2/c1-11(12-6-4-7-14(16)9-12)18-15-8-3-2-5-13(15)10-17/h4,6-7,9,11,13,15,18H,2-3,5,8H2,1H3. The molecule has 3 unspecified atom stereocenters. The van der Waals surface area contributed by atoms with Crippen LogP contribution in [-0.2, 0) is 0 Å². The van der Waals surface area contributed by atoms with Crippen LogP contribution in [0.5, 0.6) is 0 Å². The molecular weight excluding hydrogens is 244 g/mol. The molecule has 0 heterocycles. The predicted molar refractivity (Wildman–Crippen MR) is 74.4 cm³/mol. The first-order valence-corrected chi connectivity index (χ1v) is 6.99. The second-order valence-electron chi connectivity index (χ2n) is 5.07. The molecule has 1 fully saturated rings. The van der Waals surface area contributed by atoms with Gasteiger partial charge >= 0.3 is 0 Å². The lowest BCUT2D eigenvalue weighted by molar-refractivity contribution is 0.292. The minimum absolute atomic E-state index is 0.153. The number of hydrogen-bond donors (Lipinski definition) is 1. The molecule has 1 aliphatic rings. The highest BCUT2D eigenvalue weighted by Gasteiger charge is 2.26. The summed E-state index contributed by atoms with van der Waals surface area (Å²) in [4.78, 5) is 0. The van der Waals surface area contributed by atoms with Crippen LogP contribution >= 0.6 is 11.6 Å². The number of nitriles is 1. The van der Waals surface area contributed by atoms with Gasteiger partial charge in [0.1, 0.15) is 0 Å². The van der Waals surface area contributed by atoms with Crippen molar-refractivity contribution in [2.75, 3.05) is 0 Å². The summed E-state index contributed by atoms with van der Waals surface area (Å²) >= 11 is 6.01. The zero-order chi connectivity index (χ0) is 13.0. The first kappa shape index (κ1) is 13.4. The van der Waals surface area contributed by atoms with Crippen LogP contribution in [0, 0.1) is 17.2 Å². The van der Waals surface area contributed by atoms with Gasteiger partial charge in [-0.3, -0.25) is 0 Å². The van der Waals surface area contributed by atoms with Crippen molar-refractivity contribution in [1.29, 1.82) is 5.26 Å². The van der Waals surface area contributed by atoms with Gasteiger partial charge in [0.15, 0.2) is 0 Å². The topological polar surface area (TPSA) is 35.8 Å². The molecule has 3 atom stereocenters. The third-order valence-electron chi connectivity index (χ3n) is 3.74. The Labute approximate surface area is 114 Å². The Morgan fingerprint density at radius 3 is 2.89 bits per heavy atom. The van der Waals surface area contributed by atoms with E-state index >= 15 is 0 Å². The van der Waals surface area contributed by atoms with E-state index in [0.717, 1.165) is 17.9 Å². The van der Waals surface area contributed by atoms with E-state index in [1.54, 1.807) is 0 Å². The van der Waals surface area contributed by atoms with Gasteiger partial charge in [-0.2, -0.15) is 5.26 Å². The van der Waals surface area contributed by atoms with Gasteiger partial charge in [0.2, 0.25) is 0 Å². The molecule has 3 heteroatoms. The second kappa shape index (κ2) is 6.22. The van der Waals surface area contributed by atoms with E-state index in [-0.39, 0.29) is 12.0 Å². The minimum atomic E-state index is 0.153. The fourth-order valence-corrected chi connectivity index (χ4v) is 2.88. The number of nitrogens with zero attached hydrogens (tertiary/aromatic N) is 1. The zero-order valence-corrected chi connectivity index (χ0v) is 11.5. The molecule has 2 nitrogen and oxygen atoms in total. The van der Waals surface area contributed by atoms with E-state index < -0.39 is 0 Å². The molecule has 1 N–H and O–H groups in total. The molecule has 0 spiro atoms. The van der Waals surface area contributed by atoms with Gasteiger partial charge in [-0.1, -0.05) is 36.6 Å². The molecule has 1 aromatic rings. The Hall–Kier alpha value is -1.04. The number of benzene rings is 1. The van der Waals surface area contributed by atoms with E-state index in [2.05, 4.69) is 24.4 Å². The first-order valence-electron chi connectivity index (χ1n) is 6.62. The lowest BCUT2D eigenvalue weighted by atomic mass is 9.85. The smallest absolute Gasteiger partial charge is 0.0672 e. The van der Waals surface area contributed by atoms with Crippen LogP contribution in [0.15, 0.2) is 24.3 Å². The van der Waals surface area contributed by atoms with Gasteiger partial charge < -0.3 is 5.32 Å². The summed E-state index contributed by atoms with van der Waals surface area (Å²) in [6, 6.07) is 10.9. The summed E-state index contributed by atoms with van der Waals surface area (Å²) in [5.74, 6) is 0.153. The van der Waals surface area contributed by atoms with Gasteiger partial charge in [0.25, 0.3) is 0 Å². The summed E-state index contributed by atoms with van der Waals surface area (Å²) in [6.45, 7) is 2.13. The van der Waals surface area contributed by atoms with Crippen LogP contribution < -0.4 is 5.32 Å². The lowest BCUT2D eigenvalue weighted by Crippen LogP contribution is -2.39. The highest BCUT2D eigenvalue weighted by atomic mass is 35.5. The van der Waals surface area contributed by atoms with Crippen molar-refractivity contribution in [2.45, 2.75) is 44.7 Å². The Balaban J connectivity index is 2.02.